The molecule has 1 fully saturated rings. The van der Waals surface area contributed by atoms with E-state index in [1.54, 1.807) is 0 Å². The third-order valence-corrected chi connectivity index (χ3v) is 11.7. The fourth-order valence-electron chi connectivity index (χ4n) is 8.09. The molecule has 1 saturated heterocycles. The van der Waals surface area contributed by atoms with E-state index in [-0.39, 0.29) is 32.1 Å². The summed E-state index contributed by atoms with van der Waals surface area (Å²) in [6.45, 7) is 8.48. The van der Waals surface area contributed by atoms with E-state index >= 15 is 0 Å². The molecule has 8 N–H and O–H groups in total. The average molecular weight is 967 g/mol. The third-order valence-electron chi connectivity index (χ3n) is 11.7. The van der Waals surface area contributed by atoms with Crippen LogP contribution in [0.5, 0.6) is 0 Å². The maximum Gasteiger partial charge on any atom is 0.309 e. The van der Waals surface area contributed by atoms with Gasteiger partial charge in [-0.3, -0.25) is 24.0 Å². The van der Waals surface area contributed by atoms with Crippen molar-refractivity contribution in [1.82, 2.24) is 0 Å². The molecule has 0 aromatic rings. The van der Waals surface area contributed by atoms with Gasteiger partial charge in [-0.2, -0.15) is 0 Å². The minimum absolute atomic E-state index is 0.0563. The molecular formula is C48H86O19. The molecule has 19 nitrogen and oxygen atoms in total. The summed E-state index contributed by atoms with van der Waals surface area (Å²) in [5.41, 5.74) is 0. The first-order valence-electron chi connectivity index (χ1n) is 24.8. The van der Waals surface area contributed by atoms with Crippen LogP contribution in [0.25, 0.3) is 0 Å². The van der Waals surface area contributed by atoms with Gasteiger partial charge >= 0.3 is 29.8 Å². The van der Waals surface area contributed by atoms with Crippen molar-refractivity contribution in [3.05, 3.63) is 0 Å². The van der Waals surface area contributed by atoms with Crippen molar-refractivity contribution in [3.8, 4) is 0 Å². The fraction of sp³-hybridized carbons (Fsp3) is 0.896. The molecular weight excluding hydrogens is 881 g/mol. The van der Waals surface area contributed by atoms with E-state index in [0.29, 0.717) is 51.4 Å². The largest absolute Gasteiger partial charge is 0.481 e. The second kappa shape index (κ2) is 36.0. The lowest BCUT2D eigenvalue weighted by Gasteiger charge is -2.41. The Kier molecular flexibility index (Phi) is 33.3. The average Bonchev–Trinajstić information content (AvgIpc) is 3.23. The Balaban J connectivity index is 3.13. The molecule has 0 aromatic heterocycles. The quantitative estimate of drug-likeness (QED) is 0.0240. The highest BCUT2D eigenvalue weighted by Gasteiger charge is 2.45. The smallest absolute Gasteiger partial charge is 0.309 e. The number of esters is 4. The number of unbranched alkanes of at least 4 members (excludes halogenated alkanes) is 8. The van der Waals surface area contributed by atoms with E-state index in [0.717, 1.165) is 51.4 Å². The molecule has 13 atom stereocenters. The predicted molar refractivity (Wildman–Crippen MR) is 243 cm³/mol. The Labute approximate surface area is 397 Å². The van der Waals surface area contributed by atoms with Crippen molar-refractivity contribution in [2.45, 2.75) is 268 Å². The molecule has 1 rings (SSSR count). The lowest BCUT2D eigenvalue weighted by Crippen LogP contribution is -2.59. The van der Waals surface area contributed by atoms with Crippen molar-refractivity contribution in [2.24, 2.45) is 0 Å². The van der Waals surface area contributed by atoms with Crippen molar-refractivity contribution in [2.75, 3.05) is 6.61 Å². The SMILES string of the molecule is CCCCC[C@@H](O)C[C@H](CC(=O)O[C@H](CCCCC)C[C@@H](O)CC(=O)O[C@H](CCCCC)C[C@H](CC(=O)O[C@H](CCCCC)C[C@@H](O)CC(=O)O)OC(C)=O)OC1OC(CO)C(O)C(O)C1O. The van der Waals surface area contributed by atoms with Crippen LogP contribution in [0.2, 0.25) is 0 Å². The van der Waals surface area contributed by atoms with Crippen molar-refractivity contribution in [1.29, 1.82) is 0 Å². The van der Waals surface area contributed by atoms with Crippen molar-refractivity contribution >= 4 is 29.8 Å². The highest BCUT2D eigenvalue weighted by Crippen LogP contribution is 2.27. The van der Waals surface area contributed by atoms with Gasteiger partial charge in [0.05, 0.1) is 56.7 Å². The maximum atomic E-state index is 13.5. The van der Waals surface area contributed by atoms with Gasteiger partial charge in [0, 0.05) is 32.6 Å². The Morgan fingerprint density at radius 3 is 1.36 bits per heavy atom. The number of hydrogen-bond donors (Lipinski definition) is 8. The molecule has 0 aliphatic carbocycles. The third kappa shape index (κ3) is 28.3. The maximum absolute atomic E-state index is 13.5. The number of aliphatic hydroxyl groups excluding tert-OH is 7. The minimum Gasteiger partial charge on any atom is -0.481 e. The Bertz CT molecular complexity index is 1360. The normalized spacial score (nSPS) is 22.1. The van der Waals surface area contributed by atoms with E-state index in [2.05, 4.69) is 0 Å². The zero-order valence-electron chi connectivity index (χ0n) is 40.8. The van der Waals surface area contributed by atoms with Crippen LogP contribution in [0.15, 0.2) is 0 Å². The molecule has 1 heterocycles. The van der Waals surface area contributed by atoms with E-state index in [9.17, 15) is 59.7 Å². The van der Waals surface area contributed by atoms with Gasteiger partial charge in [0.15, 0.2) is 6.29 Å². The molecule has 0 spiro atoms. The van der Waals surface area contributed by atoms with Gasteiger partial charge in [0.2, 0.25) is 0 Å². The van der Waals surface area contributed by atoms with Crippen molar-refractivity contribution < 1.29 is 93.2 Å². The molecule has 0 saturated carbocycles. The molecule has 1 aliphatic rings. The summed E-state index contributed by atoms with van der Waals surface area (Å²) in [7, 11) is 0. The molecule has 0 radical (unpaired) electrons. The van der Waals surface area contributed by atoms with Crippen LogP contribution in [-0.4, -0.2) is 157 Å². The number of carbonyl (C=O) groups excluding carboxylic acids is 4. The second-order valence-corrected chi connectivity index (χ2v) is 18.1. The van der Waals surface area contributed by atoms with Crippen LogP contribution in [0.1, 0.15) is 189 Å². The Morgan fingerprint density at radius 2 is 0.910 bits per heavy atom. The van der Waals surface area contributed by atoms with Crippen molar-refractivity contribution in [3.63, 3.8) is 0 Å². The van der Waals surface area contributed by atoms with E-state index in [1.807, 2.05) is 27.7 Å². The van der Waals surface area contributed by atoms with E-state index < -0.39 is 135 Å². The van der Waals surface area contributed by atoms with Crippen LogP contribution in [0, 0.1) is 0 Å². The van der Waals surface area contributed by atoms with Crippen LogP contribution >= 0.6 is 0 Å². The molecule has 19 heteroatoms. The molecule has 0 aromatic carbocycles. The molecule has 0 amide bonds. The number of aliphatic carboxylic acids is 1. The number of rotatable bonds is 39. The van der Waals surface area contributed by atoms with Crippen LogP contribution in [0.4, 0.5) is 0 Å². The zero-order chi connectivity index (χ0) is 50.3. The van der Waals surface area contributed by atoms with Gasteiger partial charge in [0.25, 0.3) is 0 Å². The summed E-state index contributed by atoms with van der Waals surface area (Å²) >= 11 is 0. The first-order valence-corrected chi connectivity index (χ1v) is 24.8. The molecule has 392 valence electrons. The fourth-order valence-corrected chi connectivity index (χ4v) is 8.09. The predicted octanol–water partition coefficient (Wildman–Crippen LogP) is 4.45. The topological polar surface area (TPSA) is 303 Å². The highest BCUT2D eigenvalue weighted by molar-refractivity contribution is 5.72. The van der Waals surface area contributed by atoms with E-state index in [1.165, 1.54) is 6.92 Å². The van der Waals surface area contributed by atoms with Gasteiger partial charge in [-0.05, 0) is 44.9 Å². The molecule has 67 heavy (non-hydrogen) atoms. The summed E-state index contributed by atoms with van der Waals surface area (Å²) < 4.78 is 34.2. The van der Waals surface area contributed by atoms with Gasteiger partial charge in [-0.1, -0.05) is 85.5 Å². The number of ether oxygens (including phenoxy) is 6. The van der Waals surface area contributed by atoms with Crippen LogP contribution in [-0.2, 0) is 52.4 Å². The summed E-state index contributed by atoms with van der Waals surface area (Å²) in [4.78, 5) is 63.5. The van der Waals surface area contributed by atoms with Gasteiger partial charge in [0.1, 0.15) is 48.8 Å². The monoisotopic (exact) mass is 967 g/mol. The number of carboxylic acids is 1. The van der Waals surface area contributed by atoms with Gasteiger partial charge in [-0.25, -0.2) is 0 Å². The molecule has 5 unspecified atom stereocenters. The first-order chi connectivity index (χ1) is 31.8. The summed E-state index contributed by atoms with van der Waals surface area (Å²) in [6.07, 6.45) is -7.12. The first kappa shape index (κ1) is 62.0. The van der Waals surface area contributed by atoms with E-state index in [4.69, 9.17) is 33.5 Å². The minimum atomic E-state index is -1.74. The Morgan fingerprint density at radius 1 is 0.493 bits per heavy atom. The number of carboxylic acid groups (broad SMARTS) is 1. The summed E-state index contributed by atoms with van der Waals surface area (Å²) in [6, 6.07) is 0. The lowest BCUT2D eigenvalue weighted by atomic mass is 9.98. The zero-order valence-corrected chi connectivity index (χ0v) is 40.8. The summed E-state index contributed by atoms with van der Waals surface area (Å²) in [5.74, 6) is -4.14. The number of carbonyl (C=O) groups is 5. The highest BCUT2D eigenvalue weighted by atomic mass is 16.7. The van der Waals surface area contributed by atoms with Crippen LogP contribution in [0.3, 0.4) is 0 Å². The standard InChI is InChI=1S/C48H86O19/c1-6-10-14-18-32(51)22-38(66-48-47(61)46(60)45(59)40(30-49)67-48)28-43(57)64-36(20-16-12-8-3)24-34(53)26-42(56)65-37(21-17-13-9-4)27-39(62-31(5)50)29-44(58)63-35(19-15-11-7-2)23-33(52)25-41(54)55/h32-40,45-49,51-53,59-61H,6-30H2,1-5H3,(H,54,55)/t32-,33-,34-,35-,36-,37-,38-,39-,40?,45?,46?,47?,48?/m1/s1. The molecule has 1 aliphatic heterocycles. The number of aliphatic hydroxyl groups is 7. The van der Waals surface area contributed by atoms with Gasteiger partial charge < -0.3 is 69.3 Å². The van der Waals surface area contributed by atoms with Gasteiger partial charge in [-0.15, -0.1) is 0 Å². The van der Waals surface area contributed by atoms with Crippen LogP contribution < -0.4 is 0 Å². The molecule has 0 bridgehead atoms. The Hall–Kier alpha value is -3.01. The second-order valence-electron chi connectivity index (χ2n) is 18.1. The number of hydrogen-bond acceptors (Lipinski definition) is 18. The lowest BCUT2D eigenvalue weighted by molar-refractivity contribution is -0.312. The summed E-state index contributed by atoms with van der Waals surface area (Å²) in [5, 5.41) is 82.2.